The van der Waals surface area contributed by atoms with Crippen molar-refractivity contribution < 1.29 is 30.0 Å². The molecule has 3 aliphatic heterocycles. The number of aromatic nitrogens is 1. The second-order valence-electron chi connectivity index (χ2n) is 7.22. The smallest absolute Gasteiger partial charge is 0.353 e. The number of carbonyl (C=O) groups excluding carboxylic acids is 1. The predicted octanol–water partition coefficient (Wildman–Crippen LogP) is 0.470. The fourth-order valence-corrected chi connectivity index (χ4v) is 5.71. The summed E-state index contributed by atoms with van der Waals surface area (Å²) < 4.78 is 0. The lowest BCUT2D eigenvalue weighted by atomic mass is 9.83. The Balaban J connectivity index is 1.49. The summed E-state index contributed by atoms with van der Waals surface area (Å²) >= 11 is 1.43. The lowest BCUT2D eigenvalue weighted by Gasteiger charge is -2.44. The molecule has 2 fully saturated rings. The van der Waals surface area contributed by atoms with E-state index in [1.54, 1.807) is 6.92 Å². The SMILES string of the molecule is C[C@@H](O)[C@H]1C(=O)N2C(C(=O)O)=C(S[C@@H]3CN[C@H](c4cc(O)[nH]c4O)C3)C[C@H]12. The van der Waals surface area contributed by atoms with Gasteiger partial charge in [0.25, 0.3) is 0 Å². The Hall–Kier alpha value is -2.17. The number of rotatable bonds is 5. The van der Waals surface area contributed by atoms with E-state index in [1.807, 2.05) is 0 Å². The number of carbonyl (C=O) groups is 2. The largest absolute Gasteiger partial charge is 0.495 e. The van der Waals surface area contributed by atoms with Gasteiger partial charge in [-0.15, -0.1) is 11.8 Å². The maximum absolute atomic E-state index is 12.3. The molecule has 4 rings (SSSR count). The first kappa shape index (κ1) is 18.2. The van der Waals surface area contributed by atoms with Crippen LogP contribution in [0.4, 0.5) is 0 Å². The number of aromatic hydroxyl groups is 2. The minimum absolute atomic E-state index is 0.0255. The Morgan fingerprint density at radius 2 is 2.15 bits per heavy atom. The maximum Gasteiger partial charge on any atom is 0.353 e. The number of thioether (sulfide) groups is 1. The lowest BCUT2D eigenvalue weighted by Crippen LogP contribution is -2.61. The summed E-state index contributed by atoms with van der Waals surface area (Å²) in [5, 5.41) is 42.0. The number of amides is 1. The molecule has 0 aliphatic carbocycles. The van der Waals surface area contributed by atoms with E-state index < -0.39 is 18.0 Å². The van der Waals surface area contributed by atoms with E-state index in [0.717, 1.165) is 0 Å². The van der Waals surface area contributed by atoms with Crippen LogP contribution in [-0.4, -0.2) is 66.1 Å². The van der Waals surface area contributed by atoms with Crippen molar-refractivity contribution in [1.29, 1.82) is 0 Å². The van der Waals surface area contributed by atoms with Gasteiger partial charge in [0.2, 0.25) is 5.91 Å². The van der Waals surface area contributed by atoms with Crippen molar-refractivity contribution in [2.24, 2.45) is 5.92 Å². The van der Waals surface area contributed by atoms with E-state index in [9.17, 15) is 30.0 Å². The summed E-state index contributed by atoms with van der Waals surface area (Å²) in [7, 11) is 0. The highest BCUT2D eigenvalue weighted by atomic mass is 32.2. The third-order valence-corrected chi connectivity index (χ3v) is 6.81. The van der Waals surface area contributed by atoms with Gasteiger partial charge < -0.3 is 30.6 Å². The molecule has 9 nitrogen and oxygen atoms in total. The number of aliphatic hydroxyl groups is 1. The van der Waals surface area contributed by atoms with Crippen molar-refractivity contribution in [3.05, 3.63) is 22.2 Å². The molecule has 27 heavy (non-hydrogen) atoms. The molecule has 0 aromatic carbocycles. The Morgan fingerprint density at radius 3 is 2.74 bits per heavy atom. The van der Waals surface area contributed by atoms with E-state index in [0.29, 0.717) is 29.9 Å². The van der Waals surface area contributed by atoms with Crippen LogP contribution < -0.4 is 5.32 Å². The zero-order valence-corrected chi connectivity index (χ0v) is 15.4. The van der Waals surface area contributed by atoms with Gasteiger partial charge in [0.15, 0.2) is 11.8 Å². The molecule has 146 valence electrons. The standard InChI is InChI=1S/C17H21N3O6S/c1-6(21)13-10-4-11(14(17(25)26)20(10)16(13)24)27-7-2-9(18-5-7)8-3-12(22)19-15(8)23/h3,6-7,9-10,13,18-19,21-23H,2,4-5H2,1H3,(H,25,26)/t6-,7+,9+,10-,13-/m1/s1. The van der Waals surface area contributed by atoms with Crippen LogP contribution in [0.25, 0.3) is 0 Å². The van der Waals surface area contributed by atoms with Crippen LogP contribution in [0.3, 0.4) is 0 Å². The number of nitrogens with one attached hydrogen (secondary N) is 2. The van der Waals surface area contributed by atoms with Crippen LogP contribution in [0, 0.1) is 5.92 Å². The topological polar surface area (TPSA) is 146 Å². The molecule has 0 unspecified atom stereocenters. The summed E-state index contributed by atoms with van der Waals surface area (Å²) in [5.41, 5.74) is 0.597. The van der Waals surface area contributed by atoms with Gasteiger partial charge in [-0.1, -0.05) is 0 Å². The van der Waals surface area contributed by atoms with Crippen LogP contribution in [0.15, 0.2) is 16.7 Å². The molecule has 0 bridgehead atoms. The number of H-pyrrole nitrogens is 1. The van der Waals surface area contributed by atoms with E-state index in [2.05, 4.69) is 10.3 Å². The molecule has 5 atom stereocenters. The first-order valence-electron chi connectivity index (χ1n) is 8.76. The number of carboxylic acids is 1. The van der Waals surface area contributed by atoms with E-state index in [1.165, 1.54) is 22.7 Å². The quantitative estimate of drug-likeness (QED) is 0.395. The lowest BCUT2D eigenvalue weighted by molar-refractivity contribution is -0.161. The number of aromatic amines is 1. The second kappa shape index (κ2) is 6.47. The van der Waals surface area contributed by atoms with Gasteiger partial charge in [-0.05, 0) is 13.3 Å². The van der Waals surface area contributed by atoms with Crippen molar-refractivity contribution in [1.82, 2.24) is 15.2 Å². The molecule has 4 heterocycles. The first-order chi connectivity index (χ1) is 12.8. The normalized spacial score (nSPS) is 31.2. The Morgan fingerprint density at radius 1 is 1.41 bits per heavy atom. The van der Waals surface area contributed by atoms with E-state index in [-0.39, 0.29) is 40.7 Å². The second-order valence-corrected chi connectivity index (χ2v) is 8.61. The summed E-state index contributed by atoms with van der Waals surface area (Å²) in [6.07, 6.45) is 0.273. The van der Waals surface area contributed by atoms with E-state index in [4.69, 9.17) is 0 Å². The third-order valence-electron chi connectivity index (χ3n) is 5.48. The number of hydrogen-bond acceptors (Lipinski definition) is 7. The van der Waals surface area contributed by atoms with Crippen LogP contribution >= 0.6 is 11.8 Å². The summed E-state index contributed by atoms with van der Waals surface area (Å²) in [6, 6.07) is 1.02. The number of aliphatic hydroxyl groups excluding tert-OH is 1. The van der Waals surface area contributed by atoms with Crippen LogP contribution in [0.1, 0.15) is 31.4 Å². The van der Waals surface area contributed by atoms with Gasteiger partial charge in [0.05, 0.1) is 18.1 Å². The van der Waals surface area contributed by atoms with Crippen molar-refractivity contribution in [2.45, 2.75) is 43.2 Å². The van der Waals surface area contributed by atoms with E-state index >= 15 is 0 Å². The highest BCUT2D eigenvalue weighted by molar-refractivity contribution is 8.03. The van der Waals surface area contributed by atoms with Crippen LogP contribution in [0.5, 0.6) is 11.8 Å². The monoisotopic (exact) mass is 395 g/mol. The number of fused-ring (bicyclic) bond motifs is 1. The first-order valence-corrected chi connectivity index (χ1v) is 9.64. The molecular formula is C17H21N3O6S. The minimum atomic E-state index is -1.13. The van der Waals surface area contributed by atoms with Gasteiger partial charge in [0.1, 0.15) is 5.70 Å². The number of aliphatic carboxylic acids is 1. The maximum atomic E-state index is 12.3. The molecule has 0 spiro atoms. The zero-order chi connectivity index (χ0) is 19.5. The molecule has 10 heteroatoms. The number of β-lactam (4-membered cyclic amide) rings is 1. The van der Waals surface area contributed by atoms with Crippen LogP contribution in [-0.2, 0) is 9.59 Å². The van der Waals surface area contributed by atoms with Gasteiger partial charge in [0, 0.05) is 40.8 Å². The Labute approximate surface area is 159 Å². The number of hydrogen-bond donors (Lipinski definition) is 6. The van der Waals surface area contributed by atoms with Gasteiger partial charge in [-0.2, -0.15) is 0 Å². The third kappa shape index (κ3) is 2.88. The molecule has 0 saturated carbocycles. The van der Waals surface area contributed by atoms with Crippen molar-refractivity contribution in [3.63, 3.8) is 0 Å². The molecule has 0 radical (unpaired) electrons. The summed E-state index contributed by atoms with van der Waals surface area (Å²) in [5.74, 6) is -2.21. The van der Waals surface area contributed by atoms with Gasteiger partial charge in [-0.25, -0.2) is 4.79 Å². The minimum Gasteiger partial charge on any atom is -0.495 e. The number of nitrogens with zero attached hydrogens (tertiary/aromatic N) is 1. The summed E-state index contributed by atoms with van der Waals surface area (Å²) in [4.78, 5) is 28.4. The highest BCUT2D eigenvalue weighted by Crippen LogP contribution is 2.49. The molecule has 1 aromatic rings. The summed E-state index contributed by atoms with van der Waals surface area (Å²) in [6.45, 7) is 2.16. The fourth-order valence-electron chi connectivity index (χ4n) is 4.28. The zero-order valence-electron chi connectivity index (χ0n) is 14.5. The van der Waals surface area contributed by atoms with Crippen molar-refractivity contribution in [2.75, 3.05) is 6.54 Å². The Kier molecular flexibility index (Phi) is 4.36. The predicted molar refractivity (Wildman–Crippen MR) is 95.9 cm³/mol. The van der Waals surface area contributed by atoms with Crippen molar-refractivity contribution >= 4 is 23.6 Å². The van der Waals surface area contributed by atoms with Gasteiger partial charge >= 0.3 is 5.97 Å². The molecule has 2 saturated heterocycles. The number of carboxylic acid groups (broad SMARTS) is 1. The molecular weight excluding hydrogens is 374 g/mol. The average Bonchev–Trinajstić information content (AvgIpc) is 3.23. The fraction of sp³-hybridized carbons (Fsp3) is 0.529. The van der Waals surface area contributed by atoms with Crippen LogP contribution in [0.2, 0.25) is 0 Å². The van der Waals surface area contributed by atoms with Gasteiger partial charge in [-0.3, -0.25) is 9.78 Å². The molecule has 3 aliphatic rings. The molecule has 1 amide bonds. The average molecular weight is 395 g/mol. The van der Waals surface area contributed by atoms with Crippen molar-refractivity contribution in [3.8, 4) is 11.8 Å². The Bertz CT molecular complexity index is 835. The molecule has 6 N–H and O–H groups in total. The highest BCUT2D eigenvalue weighted by Gasteiger charge is 2.57. The molecule has 1 aromatic heterocycles.